The van der Waals surface area contributed by atoms with Gasteiger partial charge in [-0.05, 0) is 25.7 Å². The molecule has 1 amide bonds. The number of alkyl halides is 3. The van der Waals surface area contributed by atoms with Crippen LogP contribution in [-0.2, 0) is 17.8 Å². The smallest absolute Gasteiger partial charge is 0.363 e. The van der Waals surface area contributed by atoms with Crippen molar-refractivity contribution in [3.8, 4) is 0 Å². The largest absolute Gasteiger partial charge is 0.394 e. The number of nitrogens with zero attached hydrogens (tertiary/aromatic N) is 6. The van der Waals surface area contributed by atoms with E-state index in [1.54, 1.807) is 23.6 Å². The zero-order chi connectivity index (χ0) is 24.5. The molecule has 34 heavy (non-hydrogen) atoms. The third kappa shape index (κ3) is 3.35. The highest BCUT2D eigenvalue weighted by Crippen LogP contribution is 2.73. The highest BCUT2D eigenvalue weighted by molar-refractivity contribution is 5.78. The van der Waals surface area contributed by atoms with Gasteiger partial charge in [-0.15, -0.1) is 5.10 Å². The Morgan fingerprint density at radius 2 is 1.85 bits per heavy atom. The van der Waals surface area contributed by atoms with Gasteiger partial charge in [0.25, 0.3) is 5.56 Å². The average Bonchev–Trinajstić information content (AvgIpc) is 3.17. The number of hydrogen-bond donors (Lipinski definition) is 2. The molecule has 2 aromatic heterocycles. The van der Waals surface area contributed by atoms with Crippen LogP contribution in [0.5, 0.6) is 0 Å². The van der Waals surface area contributed by atoms with Gasteiger partial charge in [0, 0.05) is 45.8 Å². The maximum Gasteiger partial charge on any atom is 0.394 e. The van der Waals surface area contributed by atoms with Gasteiger partial charge in [-0.1, -0.05) is 6.92 Å². The highest BCUT2D eigenvalue weighted by Gasteiger charge is 2.78. The molecule has 0 radical (unpaired) electrons. The van der Waals surface area contributed by atoms with Crippen LogP contribution in [0.4, 0.5) is 24.8 Å². The number of halogens is 3. The molecule has 0 spiro atoms. The van der Waals surface area contributed by atoms with Crippen LogP contribution in [0.15, 0.2) is 4.79 Å². The SMILES string of the molecule is CCc1c(N2CCNCC2)c(=O)n2nc(N(C)C)nc2n1CC(=O)NC12CC(C(F)(F)F)(C1)C2. The van der Waals surface area contributed by atoms with E-state index in [-0.39, 0.29) is 37.1 Å². The Kier molecular flexibility index (Phi) is 5.12. The number of fused-ring (bicyclic) bond motifs is 1. The number of nitrogens with one attached hydrogen (secondary N) is 2. The molecule has 4 fully saturated rings. The molecule has 0 aromatic carbocycles. The highest BCUT2D eigenvalue weighted by atomic mass is 19.4. The monoisotopic (exact) mass is 482 g/mol. The predicted octanol–water partition coefficient (Wildman–Crippen LogP) is 0.530. The second-order valence-electron chi connectivity index (χ2n) is 9.93. The van der Waals surface area contributed by atoms with Crippen LogP contribution in [0.25, 0.3) is 5.78 Å². The van der Waals surface area contributed by atoms with Gasteiger partial charge >= 0.3 is 6.18 Å². The predicted molar refractivity (Wildman–Crippen MR) is 119 cm³/mol. The number of hydrogen-bond acceptors (Lipinski definition) is 7. The quantitative estimate of drug-likeness (QED) is 0.620. The molecule has 0 atom stereocenters. The number of carbonyl (C=O) groups is 1. The molecule has 10 nitrogen and oxygen atoms in total. The van der Waals surface area contributed by atoms with Gasteiger partial charge in [0.15, 0.2) is 0 Å². The Morgan fingerprint density at radius 1 is 1.21 bits per heavy atom. The van der Waals surface area contributed by atoms with E-state index in [0.29, 0.717) is 36.8 Å². The molecular weight excluding hydrogens is 453 g/mol. The summed E-state index contributed by atoms with van der Waals surface area (Å²) in [7, 11) is 3.51. The zero-order valence-corrected chi connectivity index (χ0v) is 19.5. The summed E-state index contributed by atoms with van der Waals surface area (Å²) in [4.78, 5) is 34.7. The van der Waals surface area contributed by atoms with Crippen molar-refractivity contribution in [2.24, 2.45) is 5.41 Å². The van der Waals surface area contributed by atoms with Crippen molar-refractivity contribution in [2.45, 2.75) is 50.9 Å². The fourth-order valence-electron chi connectivity index (χ4n) is 5.70. The van der Waals surface area contributed by atoms with E-state index in [0.717, 1.165) is 13.1 Å². The van der Waals surface area contributed by atoms with Crippen molar-refractivity contribution in [1.29, 1.82) is 0 Å². The van der Waals surface area contributed by atoms with E-state index in [9.17, 15) is 22.8 Å². The fraction of sp³-hybridized carbons (Fsp3) is 0.714. The number of piperazine rings is 1. The Morgan fingerprint density at radius 3 is 2.41 bits per heavy atom. The third-order valence-electron chi connectivity index (χ3n) is 7.32. The number of carbonyl (C=O) groups excluding carboxylic acids is 1. The van der Waals surface area contributed by atoms with Crippen molar-refractivity contribution in [1.82, 2.24) is 29.8 Å². The van der Waals surface area contributed by atoms with Gasteiger partial charge < -0.3 is 25.0 Å². The minimum Gasteiger partial charge on any atom is -0.363 e. The average molecular weight is 483 g/mol. The summed E-state index contributed by atoms with van der Waals surface area (Å²) >= 11 is 0. The number of anilines is 2. The van der Waals surface area contributed by atoms with Crippen molar-refractivity contribution < 1.29 is 18.0 Å². The summed E-state index contributed by atoms with van der Waals surface area (Å²) < 4.78 is 42.5. The first kappa shape index (κ1) is 22.9. The second-order valence-corrected chi connectivity index (χ2v) is 9.93. The van der Waals surface area contributed by atoms with Crippen LogP contribution in [0.2, 0.25) is 0 Å². The topological polar surface area (TPSA) is 99.8 Å². The molecule has 0 unspecified atom stereocenters. The van der Waals surface area contributed by atoms with E-state index in [2.05, 4.69) is 20.7 Å². The summed E-state index contributed by atoms with van der Waals surface area (Å²) in [5.41, 5.74) is -1.56. The number of amides is 1. The minimum atomic E-state index is -4.23. The van der Waals surface area contributed by atoms with Gasteiger partial charge in [0.1, 0.15) is 12.2 Å². The molecule has 2 N–H and O–H groups in total. The van der Waals surface area contributed by atoms with Gasteiger partial charge in [-0.3, -0.25) is 9.59 Å². The molecule has 1 saturated heterocycles. The molecular formula is C21H29F3N8O2. The molecule has 3 saturated carbocycles. The Labute approximate surface area is 194 Å². The van der Waals surface area contributed by atoms with Crippen LogP contribution < -0.4 is 26.0 Å². The molecule has 1 aliphatic heterocycles. The summed E-state index contributed by atoms with van der Waals surface area (Å²) in [5.74, 6) is 0.178. The van der Waals surface area contributed by atoms with E-state index in [1.165, 1.54) is 4.52 Å². The molecule has 13 heteroatoms. The lowest BCUT2D eigenvalue weighted by Gasteiger charge is -2.70. The second kappa shape index (κ2) is 7.59. The van der Waals surface area contributed by atoms with Gasteiger partial charge in [-0.2, -0.15) is 22.7 Å². The Balaban J connectivity index is 1.50. The van der Waals surface area contributed by atoms with E-state index >= 15 is 0 Å². The van der Waals surface area contributed by atoms with Crippen molar-refractivity contribution in [3.05, 3.63) is 16.0 Å². The molecule has 2 aromatic rings. The normalized spacial score (nSPS) is 26.2. The van der Waals surface area contributed by atoms with Crippen molar-refractivity contribution in [3.63, 3.8) is 0 Å². The first-order valence-corrected chi connectivity index (χ1v) is 11.5. The van der Waals surface area contributed by atoms with Crippen LogP contribution >= 0.6 is 0 Å². The van der Waals surface area contributed by atoms with Crippen LogP contribution in [0.1, 0.15) is 31.9 Å². The van der Waals surface area contributed by atoms with Gasteiger partial charge in [0.05, 0.1) is 11.1 Å². The Hall–Kier alpha value is -2.83. The number of rotatable bonds is 6. The third-order valence-corrected chi connectivity index (χ3v) is 7.32. The van der Waals surface area contributed by atoms with Crippen molar-refractivity contribution >= 4 is 23.3 Å². The lowest BCUT2D eigenvalue weighted by Crippen LogP contribution is -2.78. The first-order chi connectivity index (χ1) is 16.0. The van der Waals surface area contributed by atoms with Crippen molar-refractivity contribution in [2.75, 3.05) is 50.1 Å². The Bertz CT molecular complexity index is 1180. The molecule has 4 aliphatic rings. The summed E-state index contributed by atoms with van der Waals surface area (Å²) in [6.45, 7) is 4.48. The standard InChI is InChI=1S/C21H29F3N8O2/c1-4-13-15(30-7-5-25-6-8-30)16(34)32-18(26-17(28-32)29(2)3)31(13)9-14(33)27-20-10-19(11-20,12-20)21(22,23)24/h25H,4-12H2,1-3H3,(H,27,33). The molecule has 186 valence electrons. The summed E-state index contributed by atoms with van der Waals surface area (Å²) in [5, 5.41) is 10.5. The zero-order valence-electron chi connectivity index (χ0n) is 19.5. The summed E-state index contributed by atoms with van der Waals surface area (Å²) in [6.07, 6.45) is -3.97. The molecule has 6 rings (SSSR count). The maximum atomic E-state index is 13.5. The van der Waals surface area contributed by atoms with E-state index in [1.807, 2.05) is 11.8 Å². The molecule has 2 bridgehead atoms. The molecule has 3 heterocycles. The fourth-order valence-corrected chi connectivity index (χ4v) is 5.70. The van der Waals surface area contributed by atoms with Crippen LogP contribution in [0, 0.1) is 5.41 Å². The number of aromatic nitrogens is 4. The minimum absolute atomic E-state index is 0.0722. The lowest BCUT2D eigenvalue weighted by molar-refractivity contribution is -0.337. The van der Waals surface area contributed by atoms with Gasteiger partial charge in [0.2, 0.25) is 17.6 Å². The van der Waals surface area contributed by atoms with Crippen LogP contribution in [0.3, 0.4) is 0 Å². The first-order valence-electron chi connectivity index (χ1n) is 11.5. The lowest BCUT2D eigenvalue weighted by atomic mass is 9.39. The molecule has 3 aliphatic carbocycles. The van der Waals surface area contributed by atoms with E-state index in [4.69, 9.17) is 0 Å². The van der Waals surface area contributed by atoms with Crippen LogP contribution in [-0.4, -0.2) is 77.1 Å². The van der Waals surface area contributed by atoms with E-state index < -0.39 is 23.0 Å². The van der Waals surface area contributed by atoms with Gasteiger partial charge in [-0.25, -0.2) is 0 Å². The summed E-state index contributed by atoms with van der Waals surface area (Å²) in [6, 6.07) is 0. The maximum absolute atomic E-state index is 13.5.